The van der Waals surface area contributed by atoms with Crippen LogP contribution in [0.2, 0.25) is 0 Å². The summed E-state index contributed by atoms with van der Waals surface area (Å²) in [7, 11) is 0. The first-order valence-electron chi connectivity index (χ1n) is 6.80. The molecular weight excluding hydrogens is 290 g/mol. The third-order valence-corrected chi connectivity index (χ3v) is 5.31. The lowest BCUT2D eigenvalue weighted by molar-refractivity contribution is -0.0347. The molecule has 0 bridgehead atoms. The second kappa shape index (κ2) is 4.86. The molecule has 1 aliphatic carbocycles. The second-order valence-electron chi connectivity index (χ2n) is 5.81. The molecule has 2 nitrogen and oxygen atoms in total. The van der Waals surface area contributed by atoms with Crippen molar-refractivity contribution in [2.75, 3.05) is 13.1 Å². The van der Waals surface area contributed by atoms with Crippen LogP contribution in [0.25, 0.3) is 0 Å². The molecule has 2 fully saturated rings. The maximum atomic E-state index is 6.07. The van der Waals surface area contributed by atoms with Crippen LogP contribution in [0.4, 0.5) is 0 Å². The van der Waals surface area contributed by atoms with E-state index >= 15 is 0 Å². The number of aryl methyl sites for hydroxylation is 1. The van der Waals surface area contributed by atoms with E-state index in [-0.39, 0.29) is 0 Å². The molecule has 0 amide bonds. The first-order valence-corrected chi connectivity index (χ1v) is 7.60. The Labute approximate surface area is 117 Å². The van der Waals surface area contributed by atoms with Gasteiger partial charge in [-0.1, -0.05) is 15.9 Å². The highest BCUT2D eigenvalue weighted by molar-refractivity contribution is 9.10. The summed E-state index contributed by atoms with van der Waals surface area (Å²) in [5.74, 6) is 1.02. The molecule has 1 aliphatic heterocycles. The lowest BCUT2D eigenvalue weighted by atomic mass is 9.62. The van der Waals surface area contributed by atoms with E-state index in [1.54, 1.807) is 0 Å². The van der Waals surface area contributed by atoms with E-state index < -0.39 is 0 Å². The third kappa shape index (κ3) is 2.43. The molecule has 3 rings (SSSR count). The van der Waals surface area contributed by atoms with Crippen molar-refractivity contribution in [1.29, 1.82) is 0 Å². The Kier molecular flexibility index (Phi) is 3.37. The summed E-state index contributed by atoms with van der Waals surface area (Å²) >= 11 is 3.52. The van der Waals surface area contributed by atoms with Crippen molar-refractivity contribution < 1.29 is 4.74 Å². The molecule has 1 spiro atoms. The average Bonchev–Trinajstić information content (AvgIpc) is 2.33. The summed E-state index contributed by atoms with van der Waals surface area (Å²) in [6, 6.07) is 6.26. The first kappa shape index (κ1) is 12.5. The molecular formula is C15H20BrNO. The quantitative estimate of drug-likeness (QED) is 0.900. The summed E-state index contributed by atoms with van der Waals surface area (Å²) in [5, 5.41) is 3.44. The first-order chi connectivity index (χ1) is 8.67. The van der Waals surface area contributed by atoms with Crippen molar-refractivity contribution in [2.45, 2.75) is 38.7 Å². The minimum Gasteiger partial charge on any atom is -0.490 e. The van der Waals surface area contributed by atoms with Gasteiger partial charge in [-0.15, -0.1) is 0 Å². The van der Waals surface area contributed by atoms with Crippen molar-refractivity contribution in [2.24, 2.45) is 5.41 Å². The summed E-state index contributed by atoms with van der Waals surface area (Å²) in [6.45, 7) is 4.47. The highest BCUT2D eigenvalue weighted by atomic mass is 79.9. The van der Waals surface area contributed by atoms with Gasteiger partial charge in [0.25, 0.3) is 0 Å². The molecule has 0 atom stereocenters. The van der Waals surface area contributed by atoms with Crippen molar-refractivity contribution in [3.8, 4) is 5.75 Å². The lowest BCUT2D eigenvalue weighted by Crippen LogP contribution is -2.49. The van der Waals surface area contributed by atoms with Gasteiger partial charge in [0.2, 0.25) is 0 Å². The monoisotopic (exact) mass is 309 g/mol. The smallest absolute Gasteiger partial charge is 0.120 e. The zero-order chi connectivity index (χ0) is 12.6. The van der Waals surface area contributed by atoms with Crippen LogP contribution < -0.4 is 10.1 Å². The Bertz CT molecular complexity index is 432. The Morgan fingerprint density at radius 3 is 2.67 bits per heavy atom. The van der Waals surface area contributed by atoms with E-state index in [0.717, 1.165) is 10.2 Å². The number of hydrogen-bond donors (Lipinski definition) is 1. The van der Waals surface area contributed by atoms with Crippen LogP contribution in [0.15, 0.2) is 22.7 Å². The van der Waals surface area contributed by atoms with Gasteiger partial charge >= 0.3 is 0 Å². The summed E-state index contributed by atoms with van der Waals surface area (Å²) in [5.41, 5.74) is 1.84. The topological polar surface area (TPSA) is 21.3 Å². The van der Waals surface area contributed by atoms with Gasteiger partial charge in [0, 0.05) is 4.47 Å². The molecule has 1 N–H and O–H groups in total. The van der Waals surface area contributed by atoms with E-state index in [1.807, 2.05) is 0 Å². The van der Waals surface area contributed by atoms with Crippen LogP contribution in [0, 0.1) is 12.3 Å². The molecule has 0 unspecified atom stereocenters. The number of ether oxygens (including phenoxy) is 1. The minimum absolute atomic E-state index is 0.434. The number of piperidine rings is 1. The Morgan fingerprint density at radius 2 is 2.00 bits per heavy atom. The highest BCUT2D eigenvalue weighted by Crippen LogP contribution is 2.49. The van der Waals surface area contributed by atoms with Gasteiger partial charge in [0.05, 0.1) is 6.10 Å². The van der Waals surface area contributed by atoms with E-state index in [9.17, 15) is 0 Å². The van der Waals surface area contributed by atoms with Crippen LogP contribution >= 0.6 is 15.9 Å². The number of hydrogen-bond acceptors (Lipinski definition) is 2. The lowest BCUT2D eigenvalue weighted by Gasteiger charge is -2.49. The summed E-state index contributed by atoms with van der Waals surface area (Å²) in [4.78, 5) is 0. The van der Waals surface area contributed by atoms with Crippen LogP contribution in [0.1, 0.15) is 31.2 Å². The number of rotatable bonds is 2. The molecule has 18 heavy (non-hydrogen) atoms. The van der Waals surface area contributed by atoms with Gasteiger partial charge < -0.3 is 10.1 Å². The SMILES string of the molecule is Cc1cc(OC2CC3(CCNCC3)C2)ccc1Br. The molecule has 0 radical (unpaired) electrons. The summed E-state index contributed by atoms with van der Waals surface area (Å²) in [6.07, 6.45) is 5.56. The molecule has 1 heterocycles. The fourth-order valence-corrected chi connectivity index (χ4v) is 3.48. The average molecular weight is 310 g/mol. The van der Waals surface area contributed by atoms with Gasteiger partial charge in [-0.3, -0.25) is 0 Å². The molecule has 1 saturated carbocycles. The van der Waals surface area contributed by atoms with Gasteiger partial charge in [0.1, 0.15) is 5.75 Å². The molecule has 1 aromatic carbocycles. The molecule has 98 valence electrons. The number of nitrogens with one attached hydrogen (secondary N) is 1. The minimum atomic E-state index is 0.434. The zero-order valence-electron chi connectivity index (χ0n) is 10.8. The van der Waals surface area contributed by atoms with E-state index in [1.165, 1.54) is 44.3 Å². The zero-order valence-corrected chi connectivity index (χ0v) is 12.4. The third-order valence-electron chi connectivity index (χ3n) is 4.42. The number of halogens is 1. The van der Waals surface area contributed by atoms with Crippen molar-refractivity contribution in [1.82, 2.24) is 5.32 Å². The molecule has 1 saturated heterocycles. The fraction of sp³-hybridized carbons (Fsp3) is 0.600. The van der Waals surface area contributed by atoms with Crippen molar-refractivity contribution >= 4 is 15.9 Å². The Hall–Kier alpha value is -0.540. The second-order valence-corrected chi connectivity index (χ2v) is 6.66. The Balaban J connectivity index is 1.57. The van der Waals surface area contributed by atoms with Gasteiger partial charge in [-0.05, 0) is 74.9 Å². The summed E-state index contributed by atoms with van der Waals surface area (Å²) < 4.78 is 7.22. The molecule has 2 aliphatic rings. The largest absolute Gasteiger partial charge is 0.490 e. The van der Waals surface area contributed by atoms with E-state index in [2.05, 4.69) is 46.4 Å². The van der Waals surface area contributed by atoms with Crippen molar-refractivity contribution in [3.63, 3.8) is 0 Å². The van der Waals surface area contributed by atoms with Crippen molar-refractivity contribution in [3.05, 3.63) is 28.2 Å². The maximum Gasteiger partial charge on any atom is 0.120 e. The van der Waals surface area contributed by atoms with Crippen LogP contribution in [-0.4, -0.2) is 19.2 Å². The normalized spacial score (nSPS) is 22.8. The predicted octanol–water partition coefficient (Wildman–Crippen LogP) is 3.67. The van der Waals surface area contributed by atoms with E-state index in [0.29, 0.717) is 11.5 Å². The highest BCUT2D eigenvalue weighted by Gasteiger charge is 2.45. The molecule has 3 heteroatoms. The van der Waals surface area contributed by atoms with Gasteiger partial charge in [0.15, 0.2) is 0 Å². The standard InChI is InChI=1S/C15H20BrNO/c1-11-8-12(2-3-14(11)16)18-13-9-15(10-13)4-6-17-7-5-15/h2-3,8,13,17H,4-7,9-10H2,1H3. The van der Waals surface area contributed by atoms with E-state index in [4.69, 9.17) is 4.74 Å². The molecule has 1 aromatic rings. The van der Waals surface area contributed by atoms with Crippen LogP contribution in [0.5, 0.6) is 5.75 Å². The van der Waals surface area contributed by atoms with Crippen LogP contribution in [0.3, 0.4) is 0 Å². The van der Waals surface area contributed by atoms with Gasteiger partial charge in [-0.2, -0.15) is 0 Å². The Morgan fingerprint density at radius 1 is 1.28 bits per heavy atom. The maximum absolute atomic E-state index is 6.07. The van der Waals surface area contributed by atoms with Crippen LogP contribution in [-0.2, 0) is 0 Å². The number of benzene rings is 1. The molecule has 0 aromatic heterocycles. The van der Waals surface area contributed by atoms with Gasteiger partial charge in [-0.25, -0.2) is 0 Å². The fourth-order valence-electron chi connectivity index (χ4n) is 3.24. The predicted molar refractivity (Wildman–Crippen MR) is 77.1 cm³/mol.